The number of ether oxygens (including phenoxy) is 2. The van der Waals surface area contributed by atoms with Crippen LogP contribution in [0.25, 0.3) is 11.6 Å². The summed E-state index contributed by atoms with van der Waals surface area (Å²) in [6, 6.07) is 3.57. The molecular weight excluding hydrogens is 314 g/mol. The zero-order chi connectivity index (χ0) is 16.9. The van der Waals surface area contributed by atoms with E-state index in [0.717, 1.165) is 31.6 Å². The number of aromatic nitrogens is 3. The number of carbonyl (C=O) groups is 1. The van der Waals surface area contributed by atoms with Crippen molar-refractivity contribution in [2.75, 3.05) is 13.2 Å². The van der Waals surface area contributed by atoms with E-state index in [1.165, 1.54) is 4.68 Å². The van der Waals surface area contributed by atoms with Crippen LogP contribution in [0.2, 0.25) is 0 Å². The number of nitrogens with zero attached hydrogens (tertiary/aromatic N) is 3. The second kappa shape index (κ2) is 7.59. The first-order valence-electron chi connectivity index (χ1n) is 8.03. The molecule has 1 fully saturated rings. The van der Waals surface area contributed by atoms with Gasteiger partial charge in [-0.15, -0.1) is 5.10 Å². The molecule has 1 saturated heterocycles. The summed E-state index contributed by atoms with van der Waals surface area (Å²) in [5.41, 5.74) is 0. The molecule has 2 aromatic rings. The average molecular weight is 335 g/mol. The molecule has 0 aromatic carbocycles. The summed E-state index contributed by atoms with van der Waals surface area (Å²) in [7, 11) is 0. The second-order valence-corrected chi connectivity index (χ2v) is 5.82. The Morgan fingerprint density at radius 3 is 3.00 bits per heavy atom. The summed E-state index contributed by atoms with van der Waals surface area (Å²) in [5, 5.41) is 13.3. The highest BCUT2D eigenvalue weighted by Gasteiger charge is 2.18. The molecule has 0 bridgehead atoms. The fourth-order valence-corrected chi connectivity index (χ4v) is 2.62. The van der Waals surface area contributed by atoms with Crippen LogP contribution >= 0.6 is 0 Å². The third kappa shape index (κ3) is 4.21. The largest absolute Gasteiger partial charge is 0.480 e. The summed E-state index contributed by atoms with van der Waals surface area (Å²) >= 11 is 0. The first-order valence-corrected chi connectivity index (χ1v) is 8.03. The number of aryl methyl sites for hydroxylation is 1. The van der Waals surface area contributed by atoms with E-state index in [-0.39, 0.29) is 19.3 Å². The van der Waals surface area contributed by atoms with Gasteiger partial charge in [0.1, 0.15) is 18.9 Å². The Labute approximate surface area is 139 Å². The van der Waals surface area contributed by atoms with Crippen LogP contribution < -0.4 is 0 Å². The minimum absolute atomic E-state index is 0.0989. The molecule has 0 spiro atoms. The number of rotatable bonds is 7. The summed E-state index contributed by atoms with van der Waals surface area (Å²) in [6.45, 7) is 2.97. The molecule has 1 N–H and O–H groups in total. The number of furan rings is 1. The van der Waals surface area contributed by atoms with E-state index in [1.807, 2.05) is 13.0 Å². The Bertz CT molecular complexity index is 688. The van der Waals surface area contributed by atoms with E-state index in [4.69, 9.17) is 19.0 Å². The van der Waals surface area contributed by atoms with Crippen molar-refractivity contribution in [3.05, 3.63) is 23.7 Å². The van der Waals surface area contributed by atoms with Gasteiger partial charge in [-0.2, -0.15) is 0 Å². The first-order chi connectivity index (χ1) is 11.6. The van der Waals surface area contributed by atoms with Crippen molar-refractivity contribution in [1.82, 2.24) is 14.8 Å². The van der Waals surface area contributed by atoms with Gasteiger partial charge in [-0.25, -0.2) is 9.67 Å². The predicted molar refractivity (Wildman–Crippen MR) is 83.3 cm³/mol. The van der Waals surface area contributed by atoms with Gasteiger partial charge < -0.3 is 19.0 Å². The van der Waals surface area contributed by atoms with Crippen LogP contribution in [0, 0.1) is 6.92 Å². The Hall–Kier alpha value is -2.19. The van der Waals surface area contributed by atoms with Crippen molar-refractivity contribution >= 4 is 5.97 Å². The fourth-order valence-electron chi connectivity index (χ4n) is 2.62. The van der Waals surface area contributed by atoms with Crippen molar-refractivity contribution in [3.8, 4) is 11.6 Å². The Morgan fingerprint density at radius 2 is 2.33 bits per heavy atom. The van der Waals surface area contributed by atoms with Crippen molar-refractivity contribution < 1.29 is 23.8 Å². The zero-order valence-electron chi connectivity index (χ0n) is 13.6. The van der Waals surface area contributed by atoms with Gasteiger partial charge >= 0.3 is 5.97 Å². The van der Waals surface area contributed by atoms with Crippen molar-refractivity contribution in [1.29, 1.82) is 0 Å². The van der Waals surface area contributed by atoms with Gasteiger partial charge in [-0.05, 0) is 38.3 Å². The molecule has 1 atom stereocenters. The highest BCUT2D eigenvalue weighted by atomic mass is 16.5. The van der Waals surface area contributed by atoms with Gasteiger partial charge in [-0.1, -0.05) is 0 Å². The lowest BCUT2D eigenvalue weighted by atomic mass is 10.1. The molecule has 1 aliphatic heterocycles. The smallest absolute Gasteiger partial charge is 0.325 e. The molecule has 0 amide bonds. The molecule has 0 radical (unpaired) electrons. The highest BCUT2D eigenvalue weighted by Crippen LogP contribution is 2.19. The topological polar surface area (TPSA) is 99.6 Å². The van der Waals surface area contributed by atoms with E-state index in [1.54, 1.807) is 6.07 Å². The fraction of sp³-hybridized carbons (Fsp3) is 0.562. The van der Waals surface area contributed by atoms with Crippen LogP contribution in [0.1, 0.15) is 30.8 Å². The molecule has 0 unspecified atom stereocenters. The van der Waals surface area contributed by atoms with Crippen molar-refractivity contribution in [2.24, 2.45) is 0 Å². The standard InChI is InChI=1S/C16H21N3O5/c1-11-5-6-13(24-11)16-17-14(19(18-16)8-15(20)21)10-22-9-12-4-2-3-7-23-12/h5-6,12H,2-4,7-10H2,1H3,(H,20,21)/t12-/m1/s1. The van der Waals surface area contributed by atoms with Crippen LogP contribution in [-0.4, -0.2) is 45.2 Å². The maximum absolute atomic E-state index is 11.0. The summed E-state index contributed by atoms with van der Waals surface area (Å²) < 4.78 is 18.1. The Morgan fingerprint density at radius 1 is 1.46 bits per heavy atom. The molecule has 130 valence electrons. The van der Waals surface area contributed by atoms with E-state index in [2.05, 4.69) is 10.1 Å². The SMILES string of the molecule is Cc1ccc(-c2nc(COC[C@H]3CCCCO3)n(CC(=O)O)n2)o1. The lowest BCUT2D eigenvalue weighted by Gasteiger charge is -2.22. The Kier molecular flexibility index (Phi) is 5.27. The molecule has 24 heavy (non-hydrogen) atoms. The number of carboxylic acid groups (broad SMARTS) is 1. The van der Waals surface area contributed by atoms with Crippen LogP contribution in [0.15, 0.2) is 16.5 Å². The summed E-state index contributed by atoms with van der Waals surface area (Å²) in [5.74, 6) is 1.08. The maximum atomic E-state index is 11.0. The molecule has 8 heteroatoms. The third-order valence-corrected chi connectivity index (χ3v) is 3.80. The minimum atomic E-state index is -0.987. The van der Waals surface area contributed by atoms with Gasteiger partial charge in [-0.3, -0.25) is 4.79 Å². The maximum Gasteiger partial charge on any atom is 0.325 e. The molecule has 3 rings (SSSR count). The zero-order valence-corrected chi connectivity index (χ0v) is 13.6. The van der Waals surface area contributed by atoms with Gasteiger partial charge in [0.15, 0.2) is 11.6 Å². The number of hydrogen-bond acceptors (Lipinski definition) is 6. The summed E-state index contributed by atoms with van der Waals surface area (Å²) in [6.07, 6.45) is 3.32. The molecule has 1 aliphatic rings. The lowest BCUT2D eigenvalue weighted by molar-refractivity contribution is -0.138. The number of hydrogen-bond donors (Lipinski definition) is 1. The molecule has 3 heterocycles. The molecular formula is C16H21N3O5. The van der Waals surface area contributed by atoms with Gasteiger partial charge in [0.2, 0.25) is 5.82 Å². The second-order valence-electron chi connectivity index (χ2n) is 5.82. The average Bonchev–Trinajstić information content (AvgIpc) is 3.15. The molecule has 0 saturated carbocycles. The molecule has 2 aromatic heterocycles. The van der Waals surface area contributed by atoms with Crippen molar-refractivity contribution in [3.63, 3.8) is 0 Å². The molecule has 0 aliphatic carbocycles. The minimum Gasteiger partial charge on any atom is -0.480 e. The van der Waals surface area contributed by atoms with Crippen LogP contribution in [-0.2, 0) is 27.4 Å². The predicted octanol–water partition coefficient (Wildman–Crippen LogP) is 2.02. The molecule has 8 nitrogen and oxygen atoms in total. The Balaban J connectivity index is 1.67. The van der Waals surface area contributed by atoms with E-state index >= 15 is 0 Å². The van der Waals surface area contributed by atoms with Crippen LogP contribution in [0.4, 0.5) is 0 Å². The number of carboxylic acids is 1. The van der Waals surface area contributed by atoms with Gasteiger partial charge in [0.05, 0.1) is 12.7 Å². The van der Waals surface area contributed by atoms with Crippen molar-refractivity contribution in [2.45, 2.75) is 45.4 Å². The summed E-state index contributed by atoms with van der Waals surface area (Å²) in [4.78, 5) is 15.4. The highest BCUT2D eigenvalue weighted by molar-refractivity contribution is 5.66. The van der Waals surface area contributed by atoms with Crippen LogP contribution in [0.5, 0.6) is 0 Å². The van der Waals surface area contributed by atoms with E-state index < -0.39 is 5.97 Å². The van der Waals surface area contributed by atoms with Gasteiger partial charge in [0.25, 0.3) is 0 Å². The van der Waals surface area contributed by atoms with E-state index in [0.29, 0.717) is 24.0 Å². The quantitative estimate of drug-likeness (QED) is 0.826. The first kappa shape index (κ1) is 16.7. The third-order valence-electron chi connectivity index (χ3n) is 3.80. The number of aliphatic carboxylic acids is 1. The normalized spacial score (nSPS) is 18.0. The van der Waals surface area contributed by atoms with Gasteiger partial charge in [0, 0.05) is 6.61 Å². The monoisotopic (exact) mass is 335 g/mol. The lowest BCUT2D eigenvalue weighted by Crippen LogP contribution is -2.24. The van der Waals surface area contributed by atoms with E-state index in [9.17, 15) is 4.79 Å². The van der Waals surface area contributed by atoms with Crippen LogP contribution in [0.3, 0.4) is 0 Å².